The normalized spacial score (nSPS) is 10.2. The Balaban J connectivity index is 2.42. The Bertz CT molecular complexity index is 645. The van der Waals surface area contributed by atoms with Crippen molar-refractivity contribution in [3.63, 3.8) is 0 Å². The number of hydrogen-bond acceptors (Lipinski definition) is 3. The smallest absolute Gasteiger partial charge is 0.337 e. The molecular weight excluding hydrogens is 287 g/mol. The predicted octanol–water partition coefficient (Wildman–Crippen LogP) is 4.02. The second kappa shape index (κ2) is 5.38. The molecule has 2 aromatic rings. The molecule has 0 saturated carbocycles. The highest BCUT2D eigenvalue weighted by molar-refractivity contribution is 6.43. The van der Waals surface area contributed by atoms with Crippen LogP contribution in [0.1, 0.15) is 10.4 Å². The zero-order chi connectivity index (χ0) is 14.0. The van der Waals surface area contributed by atoms with Crippen LogP contribution in [0.15, 0.2) is 36.4 Å². The standard InChI is InChI=1S/C13H10Cl2N2O2/c14-8-4-2-5-9(11(8)15)17-10-6-1-3-7(12(10)16)13(18)19/h1-6,17H,16H2,(H,18,19). The van der Waals surface area contributed by atoms with Crippen molar-refractivity contribution in [2.75, 3.05) is 11.1 Å². The van der Waals surface area contributed by atoms with E-state index in [1.165, 1.54) is 6.07 Å². The van der Waals surface area contributed by atoms with Crippen LogP contribution in [-0.4, -0.2) is 11.1 Å². The number of carbonyl (C=O) groups is 1. The third kappa shape index (κ3) is 2.75. The van der Waals surface area contributed by atoms with E-state index in [1.54, 1.807) is 30.3 Å². The van der Waals surface area contributed by atoms with Crippen LogP contribution < -0.4 is 11.1 Å². The van der Waals surface area contributed by atoms with Gasteiger partial charge in [-0.1, -0.05) is 35.3 Å². The molecule has 0 unspecified atom stereocenters. The minimum Gasteiger partial charge on any atom is -0.478 e. The topological polar surface area (TPSA) is 75.3 Å². The minimum absolute atomic E-state index is 0.0307. The molecule has 0 radical (unpaired) electrons. The van der Waals surface area contributed by atoms with Crippen LogP contribution in [0.3, 0.4) is 0 Å². The Morgan fingerprint density at radius 1 is 1.11 bits per heavy atom. The van der Waals surface area contributed by atoms with Gasteiger partial charge in [0, 0.05) is 0 Å². The van der Waals surface area contributed by atoms with Crippen LogP contribution in [-0.2, 0) is 0 Å². The highest BCUT2D eigenvalue weighted by Crippen LogP contribution is 2.34. The average Bonchev–Trinajstić information content (AvgIpc) is 2.37. The van der Waals surface area contributed by atoms with E-state index >= 15 is 0 Å². The third-order valence-electron chi connectivity index (χ3n) is 2.56. The second-order valence-electron chi connectivity index (χ2n) is 3.80. The number of carboxylic acids is 1. The van der Waals surface area contributed by atoms with Gasteiger partial charge in [0.1, 0.15) is 0 Å². The molecule has 4 nitrogen and oxygen atoms in total. The van der Waals surface area contributed by atoms with Crippen molar-refractivity contribution in [1.82, 2.24) is 0 Å². The van der Waals surface area contributed by atoms with Crippen LogP contribution in [0.4, 0.5) is 17.1 Å². The van der Waals surface area contributed by atoms with Gasteiger partial charge < -0.3 is 16.2 Å². The summed E-state index contributed by atoms with van der Waals surface area (Å²) in [5, 5.41) is 12.7. The van der Waals surface area contributed by atoms with Crippen LogP contribution in [0.5, 0.6) is 0 Å². The number of para-hydroxylation sites is 1. The maximum absolute atomic E-state index is 11.0. The first kappa shape index (κ1) is 13.5. The third-order valence-corrected chi connectivity index (χ3v) is 3.38. The van der Waals surface area contributed by atoms with Crippen molar-refractivity contribution in [2.45, 2.75) is 0 Å². The number of nitrogens with two attached hydrogens (primary N) is 1. The highest BCUT2D eigenvalue weighted by atomic mass is 35.5. The maximum Gasteiger partial charge on any atom is 0.337 e. The van der Waals surface area contributed by atoms with Crippen LogP contribution >= 0.6 is 23.2 Å². The number of halogens is 2. The maximum atomic E-state index is 11.0. The van der Waals surface area contributed by atoms with Crippen molar-refractivity contribution in [1.29, 1.82) is 0 Å². The van der Waals surface area contributed by atoms with E-state index in [4.69, 9.17) is 34.0 Å². The summed E-state index contributed by atoms with van der Waals surface area (Å²) in [6.07, 6.45) is 0. The largest absolute Gasteiger partial charge is 0.478 e. The Kier molecular flexibility index (Phi) is 3.83. The monoisotopic (exact) mass is 296 g/mol. The van der Waals surface area contributed by atoms with Gasteiger partial charge in [0.15, 0.2) is 0 Å². The number of aromatic carboxylic acids is 1. The van der Waals surface area contributed by atoms with E-state index < -0.39 is 5.97 Å². The quantitative estimate of drug-likeness (QED) is 0.748. The van der Waals surface area contributed by atoms with Gasteiger partial charge >= 0.3 is 5.97 Å². The Hall–Kier alpha value is -1.91. The molecule has 19 heavy (non-hydrogen) atoms. The molecule has 98 valence electrons. The van der Waals surface area contributed by atoms with Crippen molar-refractivity contribution < 1.29 is 9.90 Å². The lowest BCUT2D eigenvalue weighted by Gasteiger charge is -2.12. The first-order valence-electron chi connectivity index (χ1n) is 5.33. The molecule has 0 aliphatic carbocycles. The Labute approximate surface area is 119 Å². The minimum atomic E-state index is -1.08. The number of carboxylic acid groups (broad SMARTS) is 1. The summed E-state index contributed by atoms with van der Waals surface area (Å²) >= 11 is 12.0. The van der Waals surface area contributed by atoms with Gasteiger partial charge in [-0.3, -0.25) is 0 Å². The zero-order valence-corrected chi connectivity index (χ0v) is 11.2. The summed E-state index contributed by atoms with van der Waals surface area (Å²) < 4.78 is 0. The van der Waals surface area contributed by atoms with Gasteiger partial charge in [-0.2, -0.15) is 0 Å². The molecule has 4 N–H and O–H groups in total. The van der Waals surface area contributed by atoms with Crippen LogP contribution in [0.25, 0.3) is 0 Å². The first-order valence-corrected chi connectivity index (χ1v) is 6.09. The molecule has 0 aromatic heterocycles. The van der Waals surface area contributed by atoms with Gasteiger partial charge in [0.25, 0.3) is 0 Å². The SMILES string of the molecule is Nc1c(Nc2cccc(Cl)c2Cl)cccc1C(=O)O. The van der Waals surface area contributed by atoms with Gasteiger partial charge in [-0.15, -0.1) is 0 Å². The second-order valence-corrected chi connectivity index (χ2v) is 4.58. The molecule has 0 atom stereocenters. The zero-order valence-electron chi connectivity index (χ0n) is 9.65. The van der Waals surface area contributed by atoms with E-state index in [0.29, 0.717) is 21.4 Å². The summed E-state index contributed by atoms with van der Waals surface area (Å²) in [5.74, 6) is -1.08. The first-order chi connectivity index (χ1) is 9.00. The number of benzene rings is 2. The van der Waals surface area contributed by atoms with Crippen molar-refractivity contribution in [3.05, 3.63) is 52.0 Å². The lowest BCUT2D eigenvalue weighted by molar-refractivity contribution is 0.0698. The summed E-state index contributed by atoms with van der Waals surface area (Å²) in [6.45, 7) is 0. The molecule has 0 aliphatic heterocycles. The molecule has 0 fully saturated rings. The van der Waals surface area contributed by atoms with Crippen molar-refractivity contribution >= 4 is 46.2 Å². The highest BCUT2D eigenvalue weighted by Gasteiger charge is 2.12. The Morgan fingerprint density at radius 2 is 1.74 bits per heavy atom. The molecule has 0 spiro atoms. The molecule has 0 heterocycles. The van der Waals surface area contributed by atoms with Gasteiger partial charge in [0.05, 0.1) is 32.7 Å². The van der Waals surface area contributed by atoms with Gasteiger partial charge in [-0.05, 0) is 24.3 Å². The summed E-state index contributed by atoms with van der Waals surface area (Å²) in [6, 6.07) is 9.81. The summed E-state index contributed by atoms with van der Waals surface area (Å²) in [7, 11) is 0. The number of rotatable bonds is 3. The van der Waals surface area contributed by atoms with Crippen LogP contribution in [0, 0.1) is 0 Å². The van der Waals surface area contributed by atoms with Gasteiger partial charge in [-0.25, -0.2) is 4.79 Å². The molecule has 2 aromatic carbocycles. The average molecular weight is 297 g/mol. The number of nitrogens with one attached hydrogen (secondary N) is 1. The fraction of sp³-hybridized carbons (Fsp3) is 0. The molecule has 2 rings (SSSR count). The summed E-state index contributed by atoms with van der Waals surface area (Å²) in [4.78, 5) is 11.0. The molecule has 0 amide bonds. The van der Waals surface area contributed by atoms with Crippen molar-refractivity contribution in [3.8, 4) is 0 Å². The summed E-state index contributed by atoms with van der Waals surface area (Å²) in [5.41, 5.74) is 7.00. The fourth-order valence-corrected chi connectivity index (χ4v) is 1.95. The molecule has 0 saturated heterocycles. The number of hydrogen-bond donors (Lipinski definition) is 3. The van der Waals surface area contributed by atoms with E-state index in [0.717, 1.165) is 0 Å². The molecule has 6 heteroatoms. The molecule has 0 aliphatic rings. The van der Waals surface area contributed by atoms with E-state index in [2.05, 4.69) is 5.32 Å². The Morgan fingerprint density at radius 3 is 2.42 bits per heavy atom. The lowest BCUT2D eigenvalue weighted by Crippen LogP contribution is -2.05. The predicted molar refractivity (Wildman–Crippen MR) is 77.6 cm³/mol. The van der Waals surface area contributed by atoms with Crippen molar-refractivity contribution in [2.24, 2.45) is 0 Å². The van der Waals surface area contributed by atoms with Gasteiger partial charge in [0.2, 0.25) is 0 Å². The number of nitrogen functional groups attached to an aromatic ring is 1. The lowest BCUT2D eigenvalue weighted by atomic mass is 10.1. The van der Waals surface area contributed by atoms with E-state index in [1.807, 2.05) is 0 Å². The van der Waals surface area contributed by atoms with E-state index in [-0.39, 0.29) is 11.3 Å². The van der Waals surface area contributed by atoms with Crippen LogP contribution in [0.2, 0.25) is 10.0 Å². The fourth-order valence-electron chi connectivity index (χ4n) is 1.61. The number of anilines is 3. The molecule has 0 bridgehead atoms. The molecular formula is C13H10Cl2N2O2. The van der Waals surface area contributed by atoms with E-state index in [9.17, 15) is 4.79 Å².